The average Bonchev–Trinajstić information content (AvgIpc) is 2.89. The van der Waals surface area contributed by atoms with E-state index in [2.05, 4.69) is 20.5 Å². The van der Waals surface area contributed by atoms with Gasteiger partial charge in [-0.15, -0.1) is 5.10 Å². The van der Waals surface area contributed by atoms with Crippen LogP contribution >= 0.6 is 0 Å². The summed E-state index contributed by atoms with van der Waals surface area (Å²) in [5, 5.41) is 10.8. The molecule has 0 saturated heterocycles. The van der Waals surface area contributed by atoms with Crippen molar-refractivity contribution in [1.82, 2.24) is 25.8 Å². The van der Waals surface area contributed by atoms with Crippen LogP contribution < -0.4 is 15.5 Å². The van der Waals surface area contributed by atoms with Crippen molar-refractivity contribution in [2.75, 3.05) is 19.0 Å². The van der Waals surface area contributed by atoms with E-state index in [0.717, 1.165) is 0 Å². The van der Waals surface area contributed by atoms with Crippen molar-refractivity contribution < 1.29 is 18.0 Å². The Labute approximate surface area is 126 Å². The largest absolute Gasteiger partial charge is 0.408 e. The zero-order valence-electron chi connectivity index (χ0n) is 13.0. The van der Waals surface area contributed by atoms with Crippen molar-refractivity contribution in [3.05, 3.63) is 5.82 Å². The minimum Gasteiger partial charge on any atom is -0.346 e. The van der Waals surface area contributed by atoms with E-state index in [1.165, 1.54) is 6.92 Å². The van der Waals surface area contributed by atoms with Gasteiger partial charge >= 0.3 is 12.2 Å². The molecule has 2 amide bonds. The minimum atomic E-state index is -4.49. The Morgan fingerprint density at radius 1 is 1.41 bits per heavy atom. The maximum absolute atomic E-state index is 12.9. The van der Waals surface area contributed by atoms with Crippen LogP contribution in [0.4, 0.5) is 23.9 Å². The van der Waals surface area contributed by atoms with Gasteiger partial charge in [-0.05, 0) is 5.92 Å². The van der Waals surface area contributed by atoms with Crippen molar-refractivity contribution >= 4 is 12.0 Å². The van der Waals surface area contributed by atoms with Gasteiger partial charge < -0.3 is 15.5 Å². The van der Waals surface area contributed by atoms with E-state index in [4.69, 9.17) is 0 Å². The van der Waals surface area contributed by atoms with Crippen LogP contribution in [0.25, 0.3) is 0 Å². The molecule has 10 heteroatoms. The maximum Gasteiger partial charge on any atom is 0.408 e. The summed E-state index contributed by atoms with van der Waals surface area (Å²) >= 11 is 0. The molecule has 2 atom stereocenters. The molecule has 0 aliphatic rings. The molecule has 0 aromatic carbocycles. The van der Waals surface area contributed by atoms with E-state index < -0.39 is 24.2 Å². The molecule has 22 heavy (non-hydrogen) atoms. The number of urea groups is 1. The molecule has 0 saturated carbocycles. The molecule has 0 aliphatic carbocycles. The van der Waals surface area contributed by atoms with Gasteiger partial charge in [-0.2, -0.15) is 18.2 Å². The SMILES string of the molecule is CC[C@@H](C)[C@H](NC(=O)NCc1nc(N(C)C)n[nH]1)C(F)(F)F. The summed E-state index contributed by atoms with van der Waals surface area (Å²) in [4.78, 5) is 17.4. The molecule has 0 spiro atoms. The van der Waals surface area contributed by atoms with Crippen LogP contribution in [0.15, 0.2) is 0 Å². The first-order chi connectivity index (χ1) is 10.1. The summed E-state index contributed by atoms with van der Waals surface area (Å²) in [7, 11) is 3.49. The van der Waals surface area contributed by atoms with E-state index in [1.54, 1.807) is 25.9 Å². The van der Waals surface area contributed by atoms with E-state index in [-0.39, 0.29) is 6.54 Å². The van der Waals surface area contributed by atoms with Crippen molar-refractivity contribution in [3.63, 3.8) is 0 Å². The first-order valence-electron chi connectivity index (χ1n) is 6.84. The first-order valence-corrected chi connectivity index (χ1v) is 6.84. The van der Waals surface area contributed by atoms with Crippen LogP contribution in [-0.2, 0) is 6.54 Å². The number of rotatable bonds is 6. The molecular formula is C12H21F3N6O. The number of nitrogens with zero attached hydrogens (tertiary/aromatic N) is 3. The zero-order valence-corrected chi connectivity index (χ0v) is 13.0. The number of anilines is 1. The molecule has 7 nitrogen and oxygen atoms in total. The molecule has 0 radical (unpaired) electrons. The van der Waals surface area contributed by atoms with Gasteiger partial charge in [-0.3, -0.25) is 5.10 Å². The number of alkyl halides is 3. The van der Waals surface area contributed by atoms with Gasteiger partial charge in [0.25, 0.3) is 0 Å². The van der Waals surface area contributed by atoms with E-state index in [9.17, 15) is 18.0 Å². The topological polar surface area (TPSA) is 85.9 Å². The van der Waals surface area contributed by atoms with Gasteiger partial charge in [0.1, 0.15) is 11.9 Å². The van der Waals surface area contributed by atoms with Crippen molar-refractivity contribution in [1.29, 1.82) is 0 Å². The van der Waals surface area contributed by atoms with Gasteiger partial charge in [0.15, 0.2) is 0 Å². The first kappa shape index (κ1) is 18.1. The van der Waals surface area contributed by atoms with Crippen LogP contribution in [0, 0.1) is 5.92 Å². The molecule has 1 heterocycles. The van der Waals surface area contributed by atoms with Crippen LogP contribution in [0.5, 0.6) is 0 Å². The van der Waals surface area contributed by atoms with Crippen molar-refractivity contribution in [2.45, 2.75) is 39.0 Å². The smallest absolute Gasteiger partial charge is 0.346 e. The second-order valence-electron chi connectivity index (χ2n) is 5.21. The number of hydrogen-bond acceptors (Lipinski definition) is 4. The van der Waals surface area contributed by atoms with Crippen LogP contribution in [-0.4, -0.2) is 47.5 Å². The van der Waals surface area contributed by atoms with Gasteiger partial charge in [0.05, 0.1) is 6.54 Å². The number of halogens is 3. The Morgan fingerprint density at radius 3 is 2.50 bits per heavy atom. The summed E-state index contributed by atoms with van der Waals surface area (Å²) < 4.78 is 38.7. The Balaban J connectivity index is 2.56. The quantitative estimate of drug-likeness (QED) is 0.743. The summed E-state index contributed by atoms with van der Waals surface area (Å²) in [5.74, 6) is 0.0623. The number of hydrogen-bond donors (Lipinski definition) is 3. The highest BCUT2D eigenvalue weighted by Crippen LogP contribution is 2.27. The fraction of sp³-hybridized carbons (Fsp3) is 0.750. The molecule has 1 rings (SSSR count). The average molecular weight is 322 g/mol. The number of aromatic nitrogens is 3. The molecule has 1 aromatic heterocycles. The van der Waals surface area contributed by atoms with Crippen LogP contribution in [0.3, 0.4) is 0 Å². The number of carbonyl (C=O) groups is 1. The summed E-state index contributed by atoms with van der Waals surface area (Å²) in [6, 6.07) is -2.78. The van der Waals surface area contributed by atoms with Crippen LogP contribution in [0.2, 0.25) is 0 Å². The number of nitrogens with one attached hydrogen (secondary N) is 3. The molecule has 0 fully saturated rings. The number of H-pyrrole nitrogens is 1. The monoisotopic (exact) mass is 322 g/mol. The maximum atomic E-state index is 12.9. The highest BCUT2D eigenvalue weighted by molar-refractivity contribution is 5.74. The summed E-state index contributed by atoms with van der Waals surface area (Å²) in [6.45, 7) is 3.04. The van der Waals surface area contributed by atoms with Gasteiger partial charge in [-0.25, -0.2) is 4.79 Å². The van der Waals surface area contributed by atoms with Gasteiger partial charge in [0, 0.05) is 14.1 Å². The fourth-order valence-electron chi connectivity index (χ4n) is 1.70. The van der Waals surface area contributed by atoms with Gasteiger partial charge in [0.2, 0.25) is 5.95 Å². The standard InChI is InChI=1S/C12H21F3N6O/c1-5-7(2)9(12(13,14)15)18-11(22)16-6-8-17-10(20-19-8)21(3)4/h7,9H,5-6H2,1-4H3,(H2,16,18,22)(H,17,19,20)/t7-,9+/m1/s1. The Kier molecular flexibility index (Phi) is 6.01. The van der Waals surface area contributed by atoms with Crippen LogP contribution in [0.1, 0.15) is 26.1 Å². The lowest BCUT2D eigenvalue weighted by Gasteiger charge is -2.26. The molecule has 0 unspecified atom stereocenters. The highest BCUT2D eigenvalue weighted by atomic mass is 19.4. The second kappa shape index (κ2) is 7.32. The normalized spacial score (nSPS) is 14.3. The van der Waals surface area contributed by atoms with Crippen molar-refractivity contribution in [3.8, 4) is 0 Å². The Hall–Kier alpha value is -2.00. The molecular weight excluding hydrogens is 301 g/mol. The fourth-order valence-corrected chi connectivity index (χ4v) is 1.70. The number of amides is 2. The van der Waals surface area contributed by atoms with E-state index in [1.807, 2.05) is 5.32 Å². The zero-order chi connectivity index (χ0) is 16.9. The molecule has 126 valence electrons. The third-order valence-corrected chi connectivity index (χ3v) is 3.19. The third kappa shape index (κ3) is 5.08. The lowest BCUT2D eigenvalue weighted by molar-refractivity contribution is -0.163. The van der Waals surface area contributed by atoms with E-state index in [0.29, 0.717) is 18.2 Å². The van der Waals surface area contributed by atoms with Gasteiger partial charge in [-0.1, -0.05) is 20.3 Å². The molecule has 0 bridgehead atoms. The Bertz CT molecular complexity index is 487. The predicted octanol–water partition coefficient (Wildman–Crippen LogP) is 1.65. The molecule has 3 N–H and O–H groups in total. The number of aromatic amines is 1. The summed E-state index contributed by atoms with van der Waals surface area (Å²) in [6.07, 6.45) is -4.18. The second-order valence-corrected chi connectivity index (χ2v) is 5.21. The van der Waals surface area contributed by atoms with E-state index >= 15 is 0 Å². The lowest BCUT2D eigenvalue weighted by atomic mass is 9.99. The summed E-state index contributed by atoms with van der Waals surface area (Å²) in [5.41, 5.74) is 0. The molecule has 1 aromatic rings. The van der Waals surface area contributed by atoms with Crippen molar-refractivity contribution in [2.24, 2.45) is 5.92 Å². The molecule has 0 aliphatic heterocycles. The lowest BCUT2D eigenvalue weighted by Crippen LogP contribution is -2.52. The highest BCUT2D eigenvalue weighted by Gasteiger charge is 2.43. The minimum absolute atomic E-state index is 0.0439. The third-order valence-electron chi connectivity index (χ3n) is 3.19. The number of carbonyl (C=O) groups excluding carboxylic acids is 1. The predicted molar refractivity (Wildman–Crippen MR) is 75.4 cm³/mol. The Morgan fingerprint density at radius 2 is 2.05 bits per heavy atom.